The van der Waals surface area contributed by atoms with Crippen molar-refractivity contribution in [2.24, 2.45) is 0 Å². The number of aromatic amines is 1. The van der Waals surface area contributed by atoms with Gasteiger partial charge in [0.05, 0.1) is 19.0 Å². The van der Waals surface area contributed by atoms with Crippen LogP contribution in [0, 0.1) is 0 Å². The van der Waals surface area contributed by atoms with E-state index in [4.69, 9.17) is 11.6 Å². The number of esters is 1. The first-order valence-corrected chi connectivity index (χ1v) is 6.37. The second-order valence-corrected chi connectivity index (χ2v) is 4.48. The van der Waals surface area contributed by atoms with E-state index >= 15 is 0 Å². The average Bonchev–Trinajstić information content (AvgIpc) is 2.95. The van der Waals surface area contributed by atoms with Crippen LogP contribution < -0.4 is 5.32 Å². The minimum Gasteiger partial charge on any atom is -0.465 e. The van der Waals surface area contributed by atoms with E-state index in [2.05, 4.69) is 30.0 Å². The molecule has 0 aliphatic carbocycles. The maximum atomic E-state index is 11.5. The monoisotopic (exact) mass is 303 g/mol. The number of fused-ring (bicyclic) bond motifs is 1. The summed E-state index contributed by atoms with van der Waals surface area (Å²) in [4.78, 5) is 26.7. The molecule has 21 heavy (non-hydrogen) atoms. The molecule has 3 aromatic rings. The predicted molar refractivity (Wildman–Crippen MR) is 77.8 cm³/mol. The van der Waals surface area contributed by atoms with Crippen molar-refractivity contribution in [1.29, 1.82) is 0 Å². The molecule has 3 rings (SSSR count). The number of aromatic nitrogens is 4. The van der Waals surface area contributed by atoms with Gasteiger partial charge in [-0.15, -0.1) is 0 Å². The first-order chi connectivity index (χ1) is 10.2. The summed E-state index contributed by atoms with van der Waals surface area (Å²) in [6.45, 7) is 0. The van der Waals surface area contributed by atoms with Crippen LogP contribution in [-0.2, 0) is 4.74 Å². The number of nitrogens with zero attached hydrogens (tertiary/aromatic N) is 3. The van der Waals surface area contributed by atoms with Crippen LogP contribution in [-0.4, -0.2) is 33.0 Å². The summed E-state index contributed by atoms with van der Waals surface area (Å²) in [5.41, 5.74) is 2.18. The lowest BCUT2D eigenvalue weighted by atomic mass is 10.2. The van der Waals surface area contributed by atoms with E-state index in [-0.39, 0.29) is 5.28 Å². The largest absolute Gasteiger partial charge is 0.465 e. The van der Waals surface area contributed by atoms with Crippen molar-refractivity contribution >= 4 is 40.2 Å². The van der Waals surface area contributed by atoms with Gasteiger partial charge in [0.2, 0.25) is 5.28 Å². The van der Waals surface area contributed by atoms with Gasteiger partial charge in [-0.3, -0.25) is 0 Å². The van der Waals surface area contributed by atoms with Crippen molar-refractivity contribution in [3.05, 3.63) is 41.4 Å². The van der Waals surface area contributed by atoms with Crippen molar-refractivity contribution in [1.82, 2.24) is 19.9 Å². The minimum absolute atomic E-state index is 0.0957. The van der Waals surface area contributed by atoms with Gasteiger partial charge in [0.15, 0.2) is 17.0 Å². The number of ether oxygens (including phenoxy) is 1. The number of benzene rings is 1. The van der Waals surface area contributed by atoms with E-state index in [0.29, 0.717) is 28.2 Å². The molecule has 0 amide bonds. The highest BCUT2D eigenvalue weighted by Gasteiger charge is 2.11. The second-order valence-electron chi connectivity index (χ2n) is 4.14. The molecule has 106 valence electrons. The third kappa shape index (κ3) is 2.63. The standard InChI is InChI=1S/C13H10ClN5O2/c1-21-12(20)7-3-2-4-8(5-7)17-11-9-10(16-6-15-9)18-13(14)19-11/h2-6H,1H3,(H2,15,16,17,18,19). The van der Waals surface area contributed by atoms with Crippen molar-refractivity contribution in [3.63, 3.8) is 0 Å². The number of nitrogens with one attached hydrogen (secondary N) is 2. The zero-order chi connectivity index (χ0) is 14.8. The summed E-state index contributed by atoms with van der Waals surface area (Å²) in [7, 11) is 1.33. The Kier molecular flexibility index (Phi) is 3.41. The van der Waals surface area contributed by atoms with Gasteiger partial charge >= 0.3 is 5.97 Å². The molecule has 0 bridgehead atoms. The van der Waals surface area contributed by atoms with E-state index in [1.807, 2.05) is 0 Å². The molecule has 8 heteroatoms. The van der Waals surface area contributed by atoms with Crippen LogP contribution >= 0.6 is 11.6 Å². The number of carbonyl (C=O) groups excluding carboxylic acids is 1. The molecule has 0 aliphatic heterocycles. The summed E-state index contributed by atoms with van der Waals surface area (Å²) in [5, 5.41) is 3.16. The third-order valence-corrected chi connectivity index (χ3v) is 2.97. The van der Waals surface area contributed by atoms with Gasteiger partial charge in [0.25, 0.3) is 0 Å². The Labute approximate surface area is 124 Å². The molecule has 0 radical (unpaired) electrons. The number of rotatable bonds is 3. The Morgan fingerprint density at radius 1 is 1.38 bits per heavy atom. The molecule has 0 saturated heterocycles. The molecule has 0 unspecified atom stereocenters. The topological polar surface area (TPSA) is 92.8 Å². The predicted octanol–water partition coefficient (Wildman–Crippen LogP) is 2.54. The Morgan fingerprint density at radius 2 is 2.24 bits per heavy atom. The van der Waals surface area contributed by atoms with Crippen molar-refractivity contribution < 1.29 is 9.53 Å². The molecule has 1 aromatic carbocycles. The molecule has 2 heterocycles. The number of halogens is 1. The number of hydrogen-bond acceptors (Lipinski definition) is 6. The Balaban J connectivity index is 1.99. The number of anilines is 2. The van der Waals surface area contributed by atoms with Crippen molar-refractivity contribution in [3.8, 4) is 0 Å². The van der Waals surface area contributed by atoms with E-state index < -0.39 is 5.97 Å². The van der Waals surface area contributed by atoms with Gasteiger partial charge in [-0.2, -0.15) is 9.97 Å². The fourth-order valence-electron chi connectivity index (χ4n) is 1.87. The Hall–Kier alpha value is -2.67. The van der Waals surface area contributed by atoms with E-state index in [1.54, 1.807) is 24.3 Å². The van der Waals surface area contributed by atoms with E-state index in [0.717, 1.165) is 0 Å². The number of H-pyrrole nitrogens is 1. The van der Waals surface area contributed by atoms with E-state index in [9.17, 15) is 4.79 Å². The Bertz CT molecular complexity index is 817. The van der Waals surface area contributed by atoms with Gasteiger partial charge in [0, 0.05) is 5.69 Å². The van der Waals surface area contributed by atoms with Crippen LogP contribution in [0.2, 0.25) is 5.28 Å². The van der Waals surface area contributed by atoms with Crippen LogP contribution in [0.25, 0.3) is 11.2 Å². The molecule has 0 spiro atoms. The molecule has 2 N–H and O–H groups in total. The summed E-state index contributed by atoms with van der Waals surface area (Å²) in [5.74, 6) is 0.0394. The summed E-state index contributed by atoms with van der Waals surface area (Å²) in [6, 6.07) is 6.84. The summed E-state index contributed by atoms with van der Waals surface area (Å²) < 4.78 is 4.69. The second kappa shape index (κ2) is 5.37. The van der Waals surface area contributed by atoms with Gasteiger partial charge < -0.3 is 15.0 Å². The summed E-state index contributed by atoms with van der Waals surface area (Å²) >= 11 is 5.87. The Morgan fingerprint density at radius 3 is 3.05 bits per heavy atom. The average molecular weight is 304 g/mol. The van der Waals surface area contributed by atoms with Crippen LogP contribution in [0.5, 0.6) is 0 Å². The lowest BCUT2D eigenvalue weighted by molar-refractivity contribution is 0.0601. The van der Waals surface area contributed by atoms with Crippen molar-refractivity contribution in [2.45, 2.75) is 0 Å². The molecule has 0 fully saturated rings. The first-order valence-electron chi connectivity index (χ1n) is 5.99. The highest BCUT2D eigenvalue weighted by molar-refractivity contribution is 6.28. The van der Waals surface area contributed by atoms with Crippen molar-refractivity contribution in [2.75, 3.05) is 12.4 Å². The molecule has 0 aliphatic rings. The van der Waals surface area contributed by atoms with Gasteiger partial charge in [-0.1, -0.05) is 6.07 Å². The SMILES string of the molecule is COC(=O)c1cccc(Nc2nc(Cl)nc3[nH]cnc23)c1. The molecule has 2 aromatic heterocycles. The van der Waals surface area contributed by atoms with E-state index in [1.165, 1.54) is 13.4 Å². The molecular formula is C13H10ClN5O2. The minimum atomic E-state index is -0.413. The highest BCUT2D eigenvalue weighted by Crippen LogP contribution is 2.23. The zero-order valence-electron chi connectivity index (χ0n) is 10.9. The number of hydrogen-bond donors (Lipinski definition) is 2. The maximum Gasteiger partial charge on any atom is 0.337 e. The number of carbonyl (C=O) groups is 1. The van der Waals surface area contributed by atoms with Gasteiger partial charge in [-0.25, -0.2) is 9.78 Å². The lowest BCUT2D eigenvalue weighted by Crippen LogP contribution is -2.02. The normalized spacial score (nSPS) is 10.6. The molecular weight excluding hydrogens is 294 g/mol. The highest BCUT2D eigenvalue weighted by atomic mass is 35.5. The number of methoxy groups -OCH3 is 1. The molecule has 0 atom stereocenters. The quantitative estimate of drug-likeness (QED) is 0.570. The van der Waals surface area contributed by atoms with Crippen LogP contribution in [0.15, 0.2) is 30.6 Å². The number of imidazole rings is 1. The summed E-state index contributed by atoms with van der Waals surface area (Å²) in [6.07, 6.45) is 1.51. The van der Waals surface area contributed by atoms with Crippen LogP contribution in [0.1, 0.15) is 10.4 Å². The first kappa shape index (κ1) is 13.3. The zero-order valence-corrected chi connectivity index (χ0v) is 11.7. The lowest BCUT2D eigenvalue weighted by Gasteiger charge is -2.07. The molecule has 7 nitrogen and oxygen atoms in total. The fraction of sp³-hybridized carbons (Fsp3) is 0.0769. The fourth-order valence-corrected chi connectivity index (χ4v) is 2.04. The van der Waals surface area contributed by atoms with Crippen LogP contribution in [0.4, 0.5) is 11.5 Å². The maximum absolute atomic E-state index is 11.5. The molecule has 0 saturated carbocycles. The smallest absolute Gasteiger partial charge is 0.337 e. The van der Waals surface area contributed by atoms with Gasteiger partial charge in [0.1, 0.15) is 0 Å². The third-order valence-electron chi connectivity index (χ3n) is 2.80. The van der Waals surface area contributed by atoms with Gasteiger partial charge in [-0.05, 0) is 29.8 Å². The van der Waals surface area contributed by atoms with Crippen LogP contribution in [0.3, 0.4) is 0 Å².